The molecule has 0 fully saturated rings. The largest absolute Gasteiger partial charge is 0.490 e. The SMILES string of the molecule is CCOc1ccccc1OCCCNCCS. The minimum Gasteiger partial charge on any atom is -0.490 e. The summed E-state index contributed by atoms with van der Waals surface area (Å²) in [7, 11) is 0. The number of ether oxygens (including phenoxy) is 2. The molecular weight excluding hydrogens is 234 g/mol. The first-order valence-electron chi connectivity index (χ1n) is 6.04. The smallest absolute Gasteiger partial charge is 0.161 e. The molecule has 4 heteroatoms. The van der Waals surface area contributed by atoms with E-state index in [0.717, 1.165) is 36.8 Å². The van der Waals surface area contributed by atoms with E-state index in [2.05, 4.69) is 17.9 Å². The van der Waals surface area contributed by atoms with E-state index in [0.29, 0.717) is 13.2 Å². The Hall–Kier alpha value is -0.870. The van der Waals surface area contributed by atoms with E-state index in [1.807, 2.05) is 31.2 Å². The Labute approximate surface area is 109 Å². The van der Waals surface area contributed by atoms with E-state index < -0.39 is 0 Å². The van der Waals surface area contributed by atoms with Crippen molar-refractivity contribution in [1.82, 2.24) is 5.32 Å². The Morgan fingerprint density at radius 1 is 1.12 bits per heavy atom. The van der Waals surface area contributed by atoms with Crippen LogP contribution in [-0.4, -0.2) is 32.1 Å². The molecule has 1 aromatic carbocycles. The van der Waals surface area contributed by atoms with Crippen LogP contribution in [0.15, 0.2) is 24.3 Å². The van der Waals surface area contributed by atoms with Crippen LogP contribution in [0.25, 0.3) is 0 Å². The van der Waals surface area contributed by atoms with Gasteiger partial charge in [-0.15, -0.1) is 0 Å². The highest BCUT2D eigenvalue weighted by Gasteiger charge is 2.02. The van der Waals surface area contributed by atoms with Crippen LogP contribution < -0.4 is 14.8 Å². The lowest BCUT2D eigenvalue weighted by atomic mass is 10.3. The molecule has 1 rings (SSSR count). The number of benzene rings is 1. The van der Waals surface area contributed by atoms with Crippen molar-refractivity contribution < 1.29 is 9.47 Å². The molecule has 17 heavy (non-hydrogen) atoms. The van der Waals surface area contributed by atoms with Gasteiger partial charge in [-0.1, -0.05) is 12.1 Å². The zero-order valence-electron chi connectivity index (χ0n) is 10.3. The molecule has 0 saturated carbocycles. The number of hydrogen-bond acceptors (Lipinski definition) is 4. The first-order chi connectivity index (χ1) is 8.38. The van der Waals surface area contributed by atoms with Gasteiger partial charge in [-0.25, -0.2) is 0 Å². The highest BCUT2D eigenvalue weighted by molar-refractivity contribution is 7.80. The molecule has 0 spiro atoms. The molecule has 0 radical (unpaired) electrons. The van der Waals surface area contributed by atoms with Gasteiger partial charge in [-0.2, -0.15) is 12.6 Å². The summed E-state index contributed by atoms with van der Waals surface area (Å²) in [5.41, 5.74) is 0. The number of hydrogen-bond donors (Lipinski definition) is 2. The van der Waals surface area contributed by atoms with Gasteiger partial charge < -0.3 is 14.8 Å². The zero-order chi connectivity index (χ0) is 12.3. The molecule has 1 N–H and O–H groups in total. The lowest BCUT2D eigenvalue weighted by Gasteiger charge is -2.11. The maximum atomic E-state index is 5.69. The molecule has 0 atom stereocenters. The van der Waals surface area contributed by atoms with Crippen molar-refractivity contribution in [3.05, 3.63) is 24.3 Å². The van der Waals surface area contributed by atoms with Gasteiger partial charge in [0.25, 0.3) is 0 Å². The molecule has 0 aliphatic carbocycles. The molecule has 0 aromatic heterocycles. The second-order valence-corrected chi connectivity index (χ2v) is 4.00. The van der Waals surface area contributed by atoms with Gasteiger partial charge in [0, 0.05) is 12.3 Å². The van der Waals surface area contributed by atoms with E-state index in [1.54, 1.807) is 0 Å². The van der Waals surface area contributed by atoms with Crippen molar-refractivity contribution in [2.45, 2.75) is 13.3 Å². The third-order valence-electron chi connectivity index (χ3n) is 2.19. The number of para-hydroxylation sites is 2. The standard InChI is InChI=1S/C13H21NO2S/c1-2-15-12-6-3-4-7-13(12)16-10-5-8-14-9-11-17/h3-4,6-7,14,17H,2,5,8-11H2,1H3. The Kier molecular flexibility index (Phi) is 7.67. The maximum absolute atomic E-state index is 5.69. The lowest BCUT2D eigenvalue weighted by Crippen LogP contribution is -2.19. The normalized spacial score (nSPS) is 10.2. The third-order valence-corrected chi connectivity index (χ3v) is 2.42. The molecule has 0 bridgehead atoms. The number of nitrogens with one attached hydrogen (secondary N) is 1. The summed E-state index contributed by atoms with van der Waals surface area (Å²) in [5, 5.41) is 3.27. The van der Waals surface area contributed by atoms with Crippen molar-refractivity contribution >= 4 is 12.6 Å². The average molecular weight is 255 g/mol. The van der Waals surface area contributed by atoms with Crippen LogP contribution in [0.1, 0.15) is 13.3 Å². The number of thiol groups is 1. The highest BCUT2D eigenvalue weighted by Crippen LogP contribution is 2.26. The van der Waals surface area contributed by atoms with Crippen molar-refractivity contribution in [3.63, 3.8) is 0 Å². The van der Waals surface area contributed by atoms with Gasteiger partial charge in [-0.05, 0) is 32.0 Å². The molecule has 0 saturated heterocycles. The summed E-state index contributed by atoms with van der Waals surface area (Å²) < 4.78 is 11.2. The molecule has 96 valence electrons. The molecule has 0 aliphatic rings. The fourth-order valence-corrected chi connectivity index (χ4v) is 1.59. The Morgan fingerprint density at radius 2 is 1.82 bits per heavy atom. The summed E-state index contributed by atoms with van der Waals surface area (Å²) in [6.07, 6.45) is 0.980. The van der Waals surface area contributed by atoms with Crippen LogP contribution in [-0.2, 0) is 0 Å². The summed E-state index contributed by atoms with van der Waals surface area (Å²) >= 11 is 4.13. The van der Waals surface area contributed by atoms with E-state index in [1.165, 1.54) is 0 Å². The summed E-state index contributed by atoms with van der Waals surface area (Å²) in [6, 6.07) is 7.77. The predicted octanol–water partition coefficient (Wildman–Crippen LogP) is 2.37. The highest BCUT2D eigenvalue weighted by atomic mass is 32.1. The summed E-state index contributed by atoms with van der Waals surface area (Å²) in [4.78, 5) is 0. The van der Waals surface area contributed by atoms with Crippen LogP contribution in [0.4, 0.5) is 0 Å². The minimum atomic E-state index is 0.657. The van der Waals surface area contributed by atoms with Gasteiger partial charge in [-0.3, -0.25) is 0 Å². The van der Waals surface area contributed by atoms with Gasteiger partial charge in [0.15, 0.2) is 11.5 Å². The molecule has 1 aromatic rings. The van der Waals surface area contributed by atoms with Crippen molar-refractivity contribution in [3.8, 4) is 11.5 Å². The predicted molar refractivity (Wildman–Crippen MR) is 74.4 cm³/mol. The van der Waals surface area contributed by atoms with Crippen molar-refractivity contribution in [2.75, 3.05) is 32.1 Å². The van der Waals surface area contributed by atoms with Crippen LogP contribution in [0, 0.1) is 0 Å². The van der Waals surface area contributed by atoms with Gasteiger partial charge in [0.1, 0.15) is 0 Å². The van der Waals surface area contributed by atoms with E-state index in [9.17, 15) is 0 Å². The quantitative estimate of drug-likeness (QED) is 0.524. The fraction of sp³-hybridized carbons (Fsp3) is 0.538. The van der Waals surface area contributed by atoms with Crippen molar-refractivity contribution in [2.24, 2.45) is 0 Å². The second kappa shape index (κ2) is 9.19. The topological polar surface area (TPSA) is 30.5 Å². The van der Waals surface area contributed by atoms with E-state index in [4.69, 9.17) is 9.47 Å². The van der Waals surface area contributed by atoms with Crippen LogP contribution in [0.3, 0.4) is 0 Å². The lowest BCUT2D eigenvalue weighted by molar-refractivity contribution is 0.272. The molecule has 0 heterocycles. The fourth-order valence-electron chi connectivity index (χ4n) is 1.43. The van der Waals surface area contributed by atoms with Crippen LogP contribution in [0.5, 0.6) is 11.5 Å². The molecule has 0 aliphatic heterocycles. The molecular formula is C13H21NO2S. The molecule has 0 unspecified atom stereocenters. The second-order valence-electron chi connectivity index (χ2n) is 3.56. The van der Waals surface area contributed by atoms with Gasteiger partial charge in [0.05, 0.1) is 13.2 Å². The average Bonchev–Trinajstić information content (AvgIpc) is 2.36. The Balaban J connectivity index is 2.25. The minimum absolute atomic E-state index is 0.657. The Bertz CT molecular complexity index is 307. The monoisotopic (exact) mass is 255 g/mol. The van der Waals surface area contributed by atoms with Crippen molar-refractivity contribution in [1.29, 1.82) is 0 Å². The summed E-state index contributed by atoms with van der Waals surface area (Å²) in [6.45, 7) is 5.22. The first-order valence-corrected chi connectivity index (χ1v) is 6.68. The van der Waals surface area contributed by atoms with Gasteiger partial charge in [0.2, 0.25) is 0 Å². The molecule has 3 nitrogen and oxygen atoms in total. The summed E-state index contributed by atoms with van der Waals surface area (Å²) in [5.74, 6) is 2.51. The van der Waals surface area contributed by atoms with E-state index >= 15 is 0 Å². The van der Waals surface area contributed by atoms with Gasteiger partial charge >= 0.3 is 0 Å². The maximum Gasteiger partial charge on any atom is 0.161 e. The Morgan fingerprint density at radius 3 is 2.47 bits per heavy atom. The first kappa shape index (κ1) is 14.2. The van der Waals surface area contributed by atoms with Crippen LogP contribution >= 0.6 is 12.6 Å². The third kappa shape index (κ3) is 5.84. The van der Waals surface area contributed by atoms with Crippen LogP contribution in [0.2, 0.25) is 0 Å². The molecule has 0 amide bonds. The van der Waals surface area contributed by atoms with E-state index in [-0.39, 0.29) is 0 Å². The number of rotatable bonds is 9. The zero-order valence-corrected chi connectivity index (χ0v) is 11.2.